The summed E-state index contributed by atoms with van der Waals surface area (Å²) in [5, 5.41) is 3.21. The number of nitrogens with zero attached hydrogens (tertiary/aromatic N) is 2. The molecule has 1 heterocycles. The number of hydrogen-bond donors (Lipinski definition) is 1. The van der Waals surface area contributed by atoms with Gasteiger partial charge in [-0.05, 0) is 93.0 Å². The molecule has 3 aromatic carbocycles. The predicted molar refractivity (Wildman–Crippen MR) is 159 cm³/mol. The van der Waals surface area contributed by atoms with Crippen LogP contribution in [0.15, 0.2) is 78.9 Å². The van der Waals surface area contributed by atoms with Crippen molar-refractivity contribution >= 4 is 46.5 Å². The highest BCUT2D eigenvalue weighted by molar-refractivity contribution is 7.80. The fourth-order valence-corrected chi connectivity index (χ4v) is 4.99. The van der Waals surface area contributed by atoms with Crippen LogP contribution in [0.25, 0.3) is 0 Å². The number of anilines is 2. The molecule has 1 N–H and O–H groups in total. The lowest BCUT2D eigenvalue weighted by Gasteiger charge is -2.24. The van der Waals surface area contributed by atoms with Gasteiger partial charge < -0.3 is 19.7 Å². The lowest BCUT2D eigenvalue weighted by molar-refractivity contribution is -0.124. The van der Waals surface area contributed by atoms with Gasteiger partial charge in [0.05, 0.1) is 30.9 Å². The molecule has 1 aliphatic rings. The molecule has 40 heavy (non-hydrogen) atoms. The molecule has 4 rings (SSSR count). The number of carbonyl (C=O) groups excluding carboxylic acids is 3. The van der Waals surface area contributed by atoms with Crippen molar-refractivity contribution in [2.45, 2.75) is 39.2 Å². The van der Waals surface area contributed by atoms with Crippen molar-refractivity contribution in [3.63, 3.8) is 0 Å². The summed E-state index contributed by atoms with van der Waals surface area (Å²) in [6.07, 6.45) is 1.51. The molecule has 1 unspecified atom stereocenters. The molecule has 1 aliphatic heterocycles. The van der Waals surface area contributed by atoms with Gasteiger partial charge in [0.25, 0.3) is 5.91 Å². The maximum Gasteiger partial charge on any atom is 0.338 e. The molecule has 1 saturated heterocycles. The van der Waals surface area contributed by atoms with Gasteiger partial charge in [-0.25, -0.2) is 4.79 Å². The Balaban J connectivity index is 1.50. The molecule has 0 bridgehead atoms. The molecule has 0 aromatic heterocycles. The first-order valence-electron chi connectivity index (χ1n) is 13.4. The smallest absolute Gasteiger partial charge is 0.338 e. The number of aryl methyl sites for hydroxylation is 1. The number of esters is 1. The number of carbonyl (C=O) groups is 3. The van der Waals surface area contributed by atoms with Gasteiger partial charge in [0.2, 0.25) is 5.91 Å². The van der Waals surface area contributed by atoms with Crippen LogP contribution in [0, 0.1) is 0 Å². The zero-order valence-corrected chi connectivity index (χ0v) is 23.5. The van der Waals surface area contributed by atoms with Crippen molar-refractivity contribution < 1.29 is 23.9 Å². The summed E-state index contributed by atoms with van der Waals surface area (Å²) >= 11 is 5.77. The highest BCUT2D eigenvalue weighted by Crippen LogP contribution is 2.28. The Morgan fingerprint density at radius 3 is 2.27 bits per heavy atom. The lowest BCUT2D eigenvalue weighted by atomic mass is 10.1. The van der Waals surface area contributed by atoms with Crippen LogP contribution in [0.1, 0.15) is 42.6 Å². The maximum absolute atomic E-state index is 13.7. The van der Waals surface area contributed by atoms with Crippen LogP contribution in [-0.2, 0) is 20.7 Å². The zero-order chi connectivity index (χ0) is 28.5. The molecular weight excluding hydrogens is 526 g/mol. The van der Waals surface area contributed by atoms with E-state index in [-0.39, 0.29) is 24.8 Å². The van der Waals surface area contributed by atoms with Crippen molar-refractivity contribution in [1.82, 2.24) is 4.90 Å². The third-order valence-electron chi connectivity index (χ3n) is 6.49. The van der Waals surface area contributed by atoms with Gasteiger partial charge in [-0.2, -0.15) is 0 Å². The number of rotatable bonds is 12. The minimum Gasteiger partial charge on any atom is -0.494 e. The SMILES string of the molecule is CCOC(=O)c1ccc(N2C(=O)C(CC(=O)Nc3ccc(OCC)cc3)N(CCCc3ccccc3)C2=S)cc1. The van der Waals surface area contributed by atoms with E-state index in [1.54, 1.807) is 55.5 Å². The lowest BCUT2D eigenvalue weighted by Crippen LogP contribution is -2.38. The van der Waals surface area contributed by atoms with Crippen LogP contribution in [0.5, 0.6) is 5.75 Å². The Morgan fingerprint density at radius 2 is 1.62 bits per heavy atom. The Morgan fingerprint density at radius 1 is 0.925 bits per heavy atom. The fraction of sp³-hybridized carbons (Fsp3) is 0.290. The second-order valence-corrected chi connectivity index (χ2v) is 9.60. The number of hydrogen-bond acceptors (Lipinski definition) is 6. The number of ether oxygens (including phenoxy) is 2. The van der Waals surface area contributed by atoms with Crippen LogP contribution in [0.3, 0.4) is 0 Å². The van der Waals surface area contributed by atoms with E-state index in [2.05, 4.69) is 17.4 Å². The minimum atomic E-state index is -0.754. The summed E-state index contributed by atoms with van der Waals surface area (Å²) in [5.41, 5.74) is 2.72. The number of thiocarbonyl (C=S) groups is 1. The Bertz CT molecular complexity index is 1330. The number of nitrogens with one attached hydrogen (secondary N) is 1. The molecule has 0 saturated carbocycles. The first-order chi connectivity index (χ1) is 19.4. The molecule has 8 nitrogen and oxygen atoms in total. The average molecular weight is 560 g/mol. The summed E-state index contributed by atoms with van der Waals surface area (Å²) in [4.78, 5) is 42.1. The quantitative estimate of drug-likeness (QED) is 0.240. The van der Waals surface area contributed by atoms with E-state index in [4.69, 9.17) is 21.7 Å². The van der Waals surface area contributed by atoms with Gasteiger partial charge >= 0.3 is 5.97 Å². The molecule has 1 fully saturated rings. The van der Waals surface area contributed by atoms with E-state index in [1.807, 2.05) is 30.0 Å². The van der Waals surface area contributed by atoms with Crippen molar-refractivity contribution in [1.29, 1.82) is 0 Å². The van der Waals surface area contributed by atoms with Crippen LogP contribution in [-0.4, -0.2) is 53.6 Å². The van der Waals surface area contributed by atoms with Crippen molar-refractivity contribution in [2.75, 3.05) is 30.0 Å². The summed E-state index contributed by atoms with van der Waals surface area (Å²) < 4.78 is 10.5. The van der Waals surface area contributed by atoms with Crippen LogP contribution in [0.2, 0.25) is 0 Å². The summed E-state index contributed by atoms with van der Waals surface area (Å²) in [6, 6.07) is 23.0. The highest BCUT2D eigenvalue weighted by atomic mass is 32.1. The van der Waals surface area contributed by atoms with Gasteiger partial charge in [0, 0.05) is 12.2 Å². The molecular formula is C31H33N3O5S. The second-order valence-electron chi connectivity index (χ2n) is 9.23. The average Bonchev–Trinajstić information content (AvgIpc) is 3.19. The first-order valence-corrected chi connectivity index (χ1v) is 13.8. The molecule has 208 valence electrons. The van der Waals surface area contributed by atoms with E-state index in [0.29, 0.717) is 41.0 Å². The predicted octanol–water partition coefficient (Wildman–Crippen LogP) is 5.23. The molecule has 0 aliphatic carbocycles. The number of amides is 2. The van der Waals surface area contributed by atoms with Gasteiger partial charge in [-0.15, -0.1) is 0 Å². The molecule has 0 radical (unpaired) electrons. The Hall–Kier alpha value is -4.24. The van der Waals surface area contributed by atoms with Crippen LogP contribution >= 0.6 is 12.2 Å². The first kappa shape index (κ1) is 28.8. The summed E-state index contributed by atoms with van der Waals surface area (Å²) in [7, 11) is 0. The normalized spacial score (nSPS) is 14.8. The largest absolute Gasteiger partial charge is 0.494 e. The van der Waals surface area contributed by atoms with Crippen LogP contribution in [0.4, 0.5) is 11.4 Å². The molecule has 2 amide bonds. The minimum absolute atomic E-state index is 0.0606. The summed E-state index contributed by atoms with van der Waals surface area (Å²) in [6.45, 7) is 4.98. The molecule has 0 spiro atoms. The Labute approximate surface area is 239 Å². The van der Waals surface area contributed by atoms with Crippen molar-refractivity contribution in [3.05, 3.63) is 90.0 Å². The fourth-order valence-electron chi connectivity index (χ4n) is 4.57. The van der Waals surface area contributed by atoms with E-state index < -0.39 is 12.0 Å². The van der Waals surface area contributed by atoms with E-state index >= 15 is 0 Å². The van der Waals surface area contributed by atoms with E-state index in [0.717, 1.165) is 12.8 Å². The Kier molecular flexibility index (Phi) is 9.86. The van der Waals surface area contributed by atoms with Crippen LogP contribution < -0.4 is 15.0 Å². The zero-order valence-electron chi connectivity index (χ0n) is 22.7. The van der Waals surface area contributed by atoms with E-state index in [9.17, 15) is 14.4 Å². The topological polar surface area (TPSA) is 88.2 Å². The number of benzene rings is 3. The molecule has 1 atom stereocenters. The third-order valence-corrected chi connectivity index (χ3v) is 6.91. The maximum atomic E-state index is 13.7. The third kappa shape index (κ3) is 7.04. The van der Waals surface area contributed by atoms with Gasteiger partial charge in [-0.1, -0.05) is 30.3 Å². The van der Waals surface area contributed by atoms with Crippen molar-refractivity contribution in [2.24, 2.45) is 0 Å². The summed E-state index contributed by atoms with van der Waals surface area (Å²) in [5.74, 6) is -0.296. The van der Waals surface area contributed by atoms with Gasteiger partial charge in [-0.3, -0.25) is 14.5 Å². The van der Waals surface area contributed by atoms with Gasteiger partial charge in [0.15, 0.2) is 5.11 Å². The second kappa shape index (κ2) is 13.7. The monoisotopic (exact) mass is 559 g/mol. The van der Waals surface area contributed by atoms with Gasteiger partial charge in [0.1, 0.15) is 11.8 Å². The standard InChI is InChI=1S/C31H33N3O5S/c1-3-38-26-18-14-24(15-19-26)32-28(35)21-27-29(36)34(25-16-12-23(13-17-25)30(37)39-4-2)31(40)33(27)20-8-11-22-9-6-5-7-10-22/h5-7,9-10,12-19,27H,3-4,8,11,20-21H2,1-2H3,(H,32,35). The highest BCUT2D eigenvalue weighted by Gasteiger charge is 2.43. The van der Waals surface area contributed by atoms with E-state index in [1.165, 1.54) is 10.5 Å². The molecule has 3 aromatic rings. The molecule has 9 heteroatoms. The van der Waals surface area contributed by atoms with Crippen molar-refractivity contribution in [3.8, 4) is 5.75 Å².